The Morgan fingerprint density at radius 2 is 2.62 bits per heavy atom. The Morgan fingerprint density at radius 1 is 1.77 bits per heavy atom. The van der Waals surface area contributed by atoms with Crippen LogP contribution in [0.15, 0.2) is 11.6 Å². The van der Waals surface area contributed by atoms with Crippen molar-refractivity contribution in [2.45, 2.75) is 6.10 Å². The molecule has 13 heavy (non-hydrogen) atoms. The molecule has 0 aliphatic carbocycles. The molecule has 0 aliphatic heterocycles. The van der Waals surface area contributed by atoms with Crippen molar-refractivity contribution < 1.29 is 9.84 Å². The van der Waals surface area contributed by atoms with Crippen LogP contribution in [-0.2, 0) is 4.74 Å². The van der Waals surface area contributed by atoms with Gasteiger partial charge in [-0.25, -0.2) is 4.98 Å². The molecule has 0 aromatic carbocycles. The van der Waals surface area contributed by atoms with Gasteiger partial charge in [0.05, 0.1) is 6.61 Å². The Balaban J connectivity index is 2.15. The molecule has 5 heteroatoms. The zero-order chi connectivity index (χ0) is 9.52. The molecule has 74 valence electrons. The highest BCUT2D eigenvalue weighted by atomic mass is 32.1. The third-order valence-corrected chi connectivity index (χ3v) is 2.43. The summed E-state index contributed by atoms with van der Waals surface area (Å²) < 4.78 is 4.86. The van der Waals surface area contributed by atoms with E-state index in [1.54, 1.807) is 13.3 Å². The highest BCUT2D eigenvalue weighted by molar-refractivity contribution is 7.09. The maximum absolute atomic E-state index is 9.55. The fourth-order valence-corrected chi connectivity index (χ4v) is 1.52. The molecule has 0 bridgehead atoms. The molecule has 4 nitrogen and oxygen atoms in total. The number of hydrogen-bond donors (Lipinski definition) is 2. The molecule has 0 saturated carbocycles. The van der Waals surface area contributed by atoms with Crippen LogP contribution in [0.1, 0.15) is 11.1 Å². The maximum Gasteiger partial charge on any atom is 0.122 e. The highest BCUT2D eigenvalue weighted by Crippen LogP contribution is 2.13. The average Bonchev–Trinajstić information content (AvgIpc) is 2.65. The van der Waals surface area contributed by atoms with Crippen LogP contribution in [0.2, 0.25) is 0 Å². The molecule has 1 aromatic rings. The van der Waals surface area contributed by atoms with Crippen molar-refractivity contribution in [3.05, 3.63) is 16.6 Å². The van der Waals surface area contributed by atoms with Gasteiger partial charge in [-0.05, 0) is 0 Å². The SMILES string of the molecule is COCCNCC(O)c1nccs1. The molecule has 0 aliphatic rings. The molecule has 2 N–H and O–H groups in total. The van der Waals surface area contributed by atoms with Crippen molar-refractivity contribution in [3.8, 4) is 0 Å². The van der Waals surface area contributed by atoms with Crippen LogP contribution >= 0.6 is 11.3 Å². The number of hydrogen-bond acceptors (Lipinski definition) is 5. The Morgan fingerprint density at radius 3 is 3.23 bits per heavy atom. The lowest BCUT2D eigenvalue weighted by Gasteiger charge is -2.08. The minimum Gasteiger partial charge on any atom is -0.385 e. The minimum absolute atomic E-state index is 0.503. The number of nitrogens with one attached hydrogen (secondary N) is 1. The summed E-state index contributed by atoms with van der Waals surface area (Å²) >= 11 is 1.46. The van der Waals surface area contributed by atoms with E-state index in [2.05, 4.69) is 10.3 Å². The Bertz CT molecular complexity index is 216. The number of thiazole rings is 1. The monoisotopic (exact) mass is 202 g/mol. The summed E-state index contributed by atoms with van der Waals surface area (Å²) in [5.74, 6) is 0. The van der Waals surface area contributed by atoms with Gasteiger partial charge in [-0.15, -0.1) is 11.3 Å². The molecule has 1 atom stereocenters. The number of nitrogens with zero attached hydrogens (tertiary/aromatic N) is 1. The summed E-state index contributed by atoms with van der Waals surface area (Å²) in [5.41, 5.74) is 0. The predicted octanol–water partition coefficient (Wildman–Crippen LogP) is 0.412. The molecule has 1 unspecified atom stereocenters. The Kier molecular flexibility index (Phi) is 4.92. The van der Waals surface area contributed by atoms with E-state index >= 15 is 0 Å². The Labute approximate surface area is 81.6 Å². The van der Waals surface area contributed by atoms with Gasteiger partial charge >= 0.3 is 0 Å². The van der Waals surface area contributed by atoms with Gasteiger partial charge in [0.2, 0.25) is 0 Å². The normalized spacial score (nSPS) is 13.1. The first-order valence-electron chi connectivity index (χ1n) is 4.11. The van der Waals surface area contributed by atoms with Crippen molar-refractivity contribution in [2.75, 3.05) is 26.8 Å². The van der Waals surface area contributed by atoms with Gasteiger partial charge in [-0.1, -0.05) is 0 Å². The third-order valence-electron chi connectivity index (χ3n) is 1.56. The van der Waals surface area contributed by atoms with E-state index in [9.17, 15) is 5.11 Å². The highest BCUT2D eigenvalue weighted by Gasteiger charge is 2.08. The summed E-state index contributed by atoms with van der Waals surface area (Å²) in [5, 5.41) is 15.2. The van der Waals surface area contributed by atoms with E-state index in [4.69, 9.17) is 4.74 Å². The number of aliphatic hydroxyl groups excluding tert-OH is 1. The summed E-state index contributed by atoms with van der Waals surface area (Å²) in [6, 6.07) is 0. The number of rotatable bonds is 6. The zero-order valence-electron chi connectivity index (χ0n) is 7.56. The fourth-order valence-electron chi connectivity index (χ4n) is 0.899. The summed E-state index contributed by atoms with van der Waals surface area (Å²) in [6.45, 7) is 1.93. The quantitative estimate of drug-likeness (QED) is 0.656. The first-order chi connectivity index (χ1) is 6.34. The van der Waals surface area contributed by atoms with Crippen LogP contribution in [0, 0.1) is 0 Å². The van der Waals surface area contributed by atoms with Gasteiger partial charge in [-0.3, -0.25) is 0 Å². The number of aromatic nitrogens is 1. The van der Waals surface area contributed by atoms with Crippen molar-refractivity contribution in [1.82, 2.24) is 10.3 Å². The van der Waals surface area contributed by atoms with E-state index in [1.807, 2.05) is 5.38 Å². The first-order valence-corrected chi connectivity index (χ1v) is 4.99. The van der Waals surface area contributed by atoms with Crippen molar-refractivity contribution in [2.24, 2.45) is 0 Å². The predicted molar refractivity (Wildman–Crippen MR) is 51.8 cm³/mol. The van der Waals surface area contributed by atoms with Crippen molar-refractivity contribution >= 4 is 11.3 Å². The van der Waals surface area contributed by atoms with Gasteiger partial charge in [0.25, 0.3) is 0 Å². The molecule has 0 fully saturated rings. The van der Waals surface area contributed by atoms with Crippen molar-refractivity contribution in [1.29, 1.82) is 0 Å². The molecule has 1 rings (SSSR count). The van der Waals surface area contributed by atoms with E-state index in [1.165, 1.54) is 11.3 Å². The van der Waals surface area contributed by atoms with Gasteiger partial charge in [0, 0.05) is 31.8 Å². The third kappa shape index (κ3) is 3.82. The lowest BCUT2D eigenvalue weighted by atomic mass is 10.4. The Hall–Kier alpha value is -0.490. The van der Waals surface area contributed by atoms with Gasteiger partial charge in [-0.2, -0.15) is 0 Å². The second-order valence-electron chi connectivity index (χ2n) is 2.58. The standard InChI is InChI=1S/C8H14N2O2S/c1-12-4-2-9-6-7(11)8-10-3-5-13-8/h3,5,7,9,11H,2,4,6H2,1H3. The zero-order valence-corrected chi connectivity index (χ0v) is 8.38. The average molecular weight is 202 g/mol. The van der Waals surface area contributed by atoms with Crippen LogP contribution in [-0.4, -0.2) is 36.9 Å². The molecule has 1 heterocycles. The largest absolute Gasteiger partial charge is 0.385 e. The summed E-state index contributed by atoms with van der Waals surface area (Å²) in [7, 11) is 1.65. The molecule has 0 spiro atoms. The van der Waals surface area contributed by atoms with E-state index < -0.39 is 6.10 Å². The first kappa shape index (κ1) is 10.6. The minimum atomic E-state index is -0.503. The van der Waals surface area contributed by atoms with E-state index in [0.29, 0.717) is 13.2 Å². The summed E-state index contributed by atoms with van der Waals surface area (Å²) in [4.78, 5) is 4.01. The van der Waals surface area contributed by atoms with E-state index in [-0.39, 0.29) is 0 Å². The second kappa shape index (κ2) is 6.04. The van der Waals surface area contributed by atoms with Crippen LogP contribution in [0.4, 0.5) is 0 Å². The van der Waals surface area contributed by atoms with Gasteiger partial charge in [0.1, 0.15) is 11.1 Å². The smallest absolute Gasteiger partial charge is 0.122 e. The molecule has 0 radical (unpaired) electrons. The second-order valence-corrected chi connectivity index (χ2v) is 3.51. The van der Waals surface area contributed by atoms with Crippen LogP contribution in [0.25, 0.3) is 0 Å². The number of ether oxygens (including phenoxy) is 1. The van der Waals surface area contributed by atoms with Crippen LogP contribution in [0.5, 0.6) is 0 Å². The van der Waals surface area contributed by atoms with Crippen LogP contribution < -0.4 is 5.32 Å². The number of methoxy groups -OCH3 is 1. The van der Waals surface area contributed by atoms with Gasteiger partial charge in [0.15, 0.2) is 0 Å². The molecular weight excluding hydrogens is 188 g/mol. The van der Waals surface area contributed by atoms with Crippen LogP contribution in [0.3, 0.4) is 0 Å². The topological polar surface area (TPSA) is 54.4 Å². The lowest BCUT2D eigenvalue weighted by Crippen LogP contribution is -2.24. The number of aliphatic hydroxyl groups is 1. The fraction of sp³-hybridized carbons (Fsp3) is 0.625. The lowest BCUT2D eigenvalue weighted by molar-refractivity contribution is 0.161. The molecular formula is C8H14N2O2S. The maximum atomic E-state index is 9.55. The van der Waals surface area contributed by atoms with Gasteiger partial charge < -0.3 is 15.2 Å². The van der Waals surface area contributed by atoms with Crippen molar-refractivity contribution in [3.63, 3.8) is 0 Å². The van der Waals surface area contributed by atoms with E-state index in [0.717, 1.165) is 11.6 Å². The molecule has 0 amide bonds. The summed E-state index contributed by atoms with van der Waals surface area (Å²) in [6.07, 6.45) is 1.19. The molecule has 0 saturated heterocycles. The molecule has 1 aromatic heterocycles.